The molecule has 1 heterocycles. The molecule has 0 saturated heterocycles. The summed E-state index contributed by atoms with van der Waals surface area (Å²) < 4.78 is 0. The Morgan fingerprint density at radius 1 is 1.28 bits per heavy atom. The topological polar surface area (TPSA) is 99.8 Å². The molecule has 0 radical (unpaired) electrons. The van der Waals surface area contributed by atoms with E-state index in [1.807, 2.05) is 6.07 Å². The molecule has 0 spiro atoms. The van der Waals surface area contributed by atoms with Gasteiger partial charge in [0.1, 0.15) is 0 Å². The van der Waals surface area contributed by atoms with E-state index in [1.165, 1.54) is 30.3 Å². The van der Waals surface area contributed by atoms with Crippen LogP contribution in [-0.4, -0.2) is 9.91 Å². The van der Waals surface area contributed by atoms with Crippen molar-refractivity contribution in [1.82, 2.24) is 4.98 Å². The number of benzene rings is 1. The predicted molar refractivity (Wildman–Crippen MR) is 63.9 cm³/mol. The van der Waals surface area contributed by atoms with Crippen LogP contribution in [0, 0.1) is 21.4 Å². The highest BCUT2D eigenvalue weighted by Crippen LogP contribution is 2.28. The maximum Gasteiger partial charge on any atom is 0.280 e. The molecular weight excluding hydrogens is 234 g/mol. The fraction of sp³-hybridized carbons (Fsp3) is 0. The minimum Gasteiger partial charge on any atom is -0.322 e. The van der Waals surface area contributed by atoms with E-state index in [9.17, 15) is 14.9 Å². The Kier molecular flexibility index (Phi) is 2.89. The van der Waals surface area contributed by atoms with Gasteiger partial charge in [-0.2, -0.15) is 5.26 Å². The molecule has 1 aromatic heterocycles. The van der Waals surface area contributed by atoms with Crippen LogP contribution in [0.3, 0.4) is 0 Å². The summed E-state index contributed by atoms with van der Waals surface area (Å²) in [7, 11) is 0. The molecule has 0 fully saturated rings. The van der Waals surface area contributed by atoms with Gasteiger partial charge in [0, 0.05) is 12.1 Å². The van der Waals surface area contributed by atoms with Crippen LogP contribution >= 0.6 is 0 Å². The zero-order valence-electron chi connectivity index (χ0n) is 9.08. The number of nitriles is 1. The van der Waals surface area contributed by atoms with Crippen molar-refractivity contribution in [2.45, 2.75) is 0 Å². The average Bonchev–Trinajstić information content (AvgIpc) is 2.38. The third-order valence-electron chi connectivity index (χ3n) is 2.38. The Labute approximate surface area is 101 Å². The quantitative estimate of drug-likeness (QED) is 0.640. The number of pyridine rings is 1. The highest BCUT2D eigenvalue weighted by molar-refractivity contribution is 5.71. The summed E-state index contributed by atoms with van der Waals surface area (Å²) in [5, 5.41) is 19.7. The van der Waals surface area contributed by atoms with Crippen molar-refractivity contribution in [1.29, 1.82) is 5.26 Å². The smallest absolute Gasteiger partial charge is 0.280 e. The van der Waals surface area contributed by atoms with Gasteiger partial charge in [-0.3, -0.25) is 14.9 Å². The minimum atomic E-state index is -0.582. The third kappa shape index (κ3) is 2.10. The lowest BCUT2D eigenvalue weighted by molar-refractivity contribution is -0.384. The first-order valence-corrected chi connectivity index (χ1v) is 5.00. The predicted octanol–water partition coefficient (Wildman–Crippen LogP) is 1.82. The zero-order chi connectivity index (χ0) is 13.1. The summed E-state index contributed by atoms with van der Waals surface area (Å²) in [5.41, 5.74) is 0.265. The Morgan fingerprint density at radius 2 is 2.06 bits per heavy atom. The van der Waals surface area contributed by atoms with Gasteiger partial charge in [0.2, 0.25) is 5.56 Å². The summed E-state index contributed by atoms with van der Waals surface area (Å²) in [6, 6.07) is 10.3. The van der Waals surface area contributed by atoms with Crippen molar-refractivity contribution in [3.05, 3.63) is 62.4 Å². The second-order valence-electron chi connectivity index (χ2n) is 3.53. The van der Waals surface area contributed by atoms with Crippen LogP contribution in [0.2, 0.25) is 0 Å². The van der Waals surface area contributed by atoms with Crippen LogP contribution in [0.4, 0.5) is 5.69 Å². The molecule has 2 aromatic rings. The highest BCUT2D eigenvalue weighted by Gasteiger charge is 2.16. The molecule has 0 bridgehead atoms. The molecule has 6 heteroatoms. The van der Waals surface area contributed by atoms with Crippen LogP contribution in [-0.2, 0) is 0 Å². The van der Waals surface area contributed by atoms with Gasteiger partial charge in [0.05, 0.1) is 27.8 Å². The van der Waals surface area contributed by atoms with E-state index >= 15 is 0 Å². The fourth-order valence-corrected chi connectivity index (χ4v) is 1.58. The zero-order valence-corrected chi connectivity index (χ0v) is 9.08. The van der Waals surface area contributed by atoms with Crippen LogP contribution < -0.4 is 5.56 Å². The number of hydrogen-bond acceptors (Lipinski definition) is 4. The van der Waals surface area contributed by atoms with Gasteiger partial charge in [-0.05, 0) is 18.2 Å². The molecule has 0 atom stereocenters. The highest BCUT2D eigenvalue weighted by atomic mass is 16.6. The number of H-pyrrole nitrogens is 1. The molecule has 0 saturated carbocycles. The van der Waals surface area contributed by atoms with E-state index in [2.05, 4.69) is 4.98 Å². The van der Waals surface area contributed by atoms with Crippen molar-refractivity contribution in [3.8, 4) is 17.3 Å². The summed E-state index contributed by atoms with van der Waals surface area (Å²) in [6.07, 6.45) is 0. The molecule has 1 aromatic carbocycles. The summed E-state index contributed by atoms with van der Waals surface area (Å²) >= 11 is 0. The molecular formula is C12H7N3O3. The van der Waals surface area contributed by atoms with Crippen molar-refractivity contribution in [3.63, 3.8) is 0 Å². The number of nitrogens with zero attached hydrogens (tertiary/aromatic N) is 2. The van der Waals surface area contributed by atoms with Crippen molar-refractivity contribution >= 4 is 5.69 Å². The first-order chi connectivity index (χ1) is 8.61. The maximum absolute atomic E-state index is 11.2. The number of nitro groups is 1. The number of aromatic amines is 1. The monoisotopic (exact) mass is 241 g/mol. The molecule has 88 valence electrons. The van der Waals surface area contributed by atoms with Gasteiger partial charge in [-0.15, -0.1) is 0 Å². The van der Waals surface area contributed by atoms with Crippen LogP contribution in [0.25, 0.3) is 11.3 Å². The first-order valence-electron chi connectivity index (χ1n) is 5.00. The summed E-state index contributed by atoms with van der Waals surface area (Å²) in [6.45, 7) is 0. The number of aromatic nitrogens is 1. The van der Waals surface area contributed by atoms with E-state index < -0.39 is 4.92 Å². The van der Waals surface area contributed by atoms with E-state index in [4.69, 9.17) is 5.26 Å². The standard InChI is InChI=1S/C12H7N3O3/c13-7-8-4-5-9(11(6-8)15(17)18)10-2-1-3-12(16)14-10/h1-6H,(H,14,16). The van der Waals surface area contributed by atoms with Gasteiger partial charge in [0.25, 0.3) is 5.69 Å². The van der Waals surface area contributed by atoms with E-state index in [0.29, 0.717) is 5.69 Å². The van der Waals surface area contributed by atoms with Crippen molar-refractivity contribution in [2.24, 2.45) is 0 Å². The normalized spacial score (nSPS) is 9.72. The summed E-state index contributed by atoms with van der Waals surface area (Å²) in [5.74, 6) is 0. The molecule has 6 nitrogen and oxygen atoms in total. The maximum atomic E-state index is 11.2. The number of nitro benzene ring substituents is 1. The van der Waals surface area contributed by atoms with Gasteiger partial charge in [-0.25, -0.2) is 0 Å². The molecule has 0 aliphatic rings. The Hall–Kier alpha value is -2.94. The van der Waals surface area contributed by atoms with Crippen molar-refractivity contribution < 1.29 is 4.92 Å². The first kappa shape index (κ1) is 11.5. The van der Waals surface area contributed by atoms with Crippen LogP contribution in [0.1, 0.15) is 5.56 Å². The Bertz CT molecular complexity index is 713. The second-order valence-corrected chi connectivity index (χ2v) is 3.53. The van der Waals surface area contributed by atoms with E-state index in [0.717, 1.165) is 0 Å². The molecule has 0 aliphatic heterocycles. The minimum absolute atomic E-state index is 0.198. The van der Waals surface area contributed by atoms with Gasteiger partial charge in [0.15, 0.2) is 0 Å². The van der Waals surface area contributed by atoms with Gasteiger partial charge in [-0.1, -0.05) is 6.07 Å². The van der Waals surface area contributed by atoms with E-state index in [1.54, 1.807) is 6.07 Å². The third-order valence-corrected chi connectivity index (χ3v) is 2.38. The lowest BCUT2D eigenvalue weighted by Crippen LogP contribution is -2.04. The Morgan fingerprint density at radius 3 is 2.67 bits per heavy atom. The number of nitrogens with one attached hydrogen (secondary N) is 1. The van der Waals surface area contributed by atoms with Crippen molar-refractivity contribution in [2.75, 3.05) is 0 Å². The molecule has 0 amide bonds. The SMILES string of the molecule is N#Cc1ccc(-c2cccc(=O)[nH]2)c([N+](=O)[O-])c1. The molecule has 18 heavy (non-hydrogen) atoms. The van der Waals surface area contributed by atoms with Crippen LogP contribution in [0.15, 0.2) is 41.2 Å². The lowest BCUT2D eigenvalue weighted by atomic mass is 10.1. The fourth-order valence-electron chi connectivity index (χ4n) is 1.58. The molecule has 2 rings (SSSR count). The lowest BCUT2D eigenvalue weighted by Gasteiger charge is -2.02. The molecule has 1 N–H and O–H groups in total. The number of rotatable bonds is 2. The van der Waals surface area contributed by atoms with E-state index in [-0.39, 0.29) is 22.4 Å². The van der Waals surface area contributed by atoms with Gasteiger partial charge < -0.3 is 4.98 Å². The van der Waals surface area contributed by atoms with Gasteiger partial charge >= 0.3 is 0 Å². The summed E-state index contributed by atoms with van der Waals surface area (Å²) in [4.78, 5) is 24.1. The molecule has 0 aliphatic carbocycles. The Balaban J connectivity index is 2.68. The number of hydrogen-bond donors (Lipinski definition) is 1. The largest absolute Gasteiger partial charge is 0.322 e. The second kappa shape index (κ2) is 4.51. The van der Waals surface area contributed by atoms with Crippen LogP contribution in [0.5, 0.6) is 0 Å². The average molecular weight is 241 g/mol. The molecule has 0 unspecified atom stereocenters.